The molecule has 0 atom stereocenters. The zero-order chi connectivity index (χ0) is 23.3. The third-order valence-electron chi connectivity index (χ3n) is 7.94. The van der Waals surface area contributed by atoms with E-state index >= 15 is 0 Å². The first kappa shape index (κ1) is 24.2. The second-order valence-corrected chi connectivity index (χ2v) is 10.2. The number of likely N-dealkylation sites (tertiary alicyclic amines) is 1. The molecule has 2 N–H and O–H groups in total. The molecule has 33 heavy (non-hydrogen) atoms. The molecular formula is C26H36ClN3O3. The van der Waals surface area contributed by atoms with Crippen molar-refractivity contribution < 1.29 is 14.7 Å². The lowest BCUT2D eigenvalue weighted by atomic mass is 9.73. The molecule has 1 amide bonds. The van der Waals surface area contributed by atoms with Gasteiger partial charge in [0, 0.05) is 11.6 Å². The number of methoxy groups -OCH3 is 1. The van der Waals surface area contributed by atoms with E-state index in [9.17, 15) is 10.0 Å². The molecule has 1 aliphatic carbocycles. The van der Waals surface area contributed by atoms with Crippen LogP contribution in [0.3, 0.4) is 0 Å². The zero-order valence-electron chi connectivity index (χ0n) is 19.6. The number of piperidine rings is 1. The number of ether oxygens (including phenoxy) is 1. The van der Waals surface area contributed by atoms with Gasteiger partial charge in [-0.15, -0.1) is 0 Å². The van der Waals surface area contributed by atoms with E-state index < -0.39 is 5.41 Å². The number of hydrogen-bond donors (Lipinski definition) is 2. The van der Waals surface area contributed by atoms with Crippen molar-refractivity contribution in [2.45, 2.75) is 64.2 Å². The molecule has 1 aromatic carbocycles. The largest absolute Gasteiger partial charge is 0.497 e. The fraction of sp³-hybridized carbons (Fsp3) is 0.615. The van der Waals surface area contributed by atoms with E-state index in [1.807, 2.05) is 23.7 Å². The average molecular weight is 474 g/mol. The fourth-order valence-electron chi connectivity index (χ4n) is 5.76. The van der Waals surface area contributed by atoms with Gasteiger partial charge in [0.2, 0.25) is 5.91 Å². The molecule has 2 aliphatic rings. The SMILES string of the molecule is COc1ccc2ncc(Cl)c(CCCC3(C(=O)NO)CCN(CCC4CCCC4)CC3)c2c1. The van der Waals surface area contributed by atoms with Crippen LogP contribution in [0.2, 0.25) is 5.02 Å². The van der Waals surface area contributed by atoms with E-state index in [4.69, 9.17) is 16.3 Å². The first-order valence-corrected chi connectivity index (χ1v) is 12.7. The van der Waals surface area contributed by atoms with Gasteiger partial charge >= 0.3 is 0 Å². The van der Waals surface area contributed by atoms with Gasteiger partial charge in [-0.05, 0) is 87.8 Å². The maximum Gasteiger partial charge on any atom is 0.249 e. The first-order valence-electron chi connectivity index (χ1n) is 12.3. The molecule has 1 aliphatic heterocycles. The lowest BCUT2D eigenvalue weighted by Crippen LogP contribution is -2.48. The van der Waals surface area contributed by atoms with Crippen LogP contribution in [0, 0.1) is 11.3 Å². The van der Waals surface area contributed by atoms with Gasteiger partial charge < -0.3 is 9.64 Å². The second-order valence-electron chi connectivity index (χ2n) is 9.82. The summed E-state index contributed by atoms with van der Waals surface area (Å²) < 4.78 is 5.38. The maximum atomic E-state index is 12.7. The Morgan fingerprint density at radius 1 is 1.30 bits per heavy atom. The van der Waals surface area contributed by atoms with Crippen molar-refractivity contribution in [1.82, 2.24) is 15.4 Å². The number of amides is 1. The van der Waals surface area contributed by atoms with Crippen LogP contribution in [0.1, 0.15) is 63.4 Å². The number of fused-ring (bicyclic) bond motifs is 1. The molecule has 1 aromatic heterocycles. The van der Waals surface area contributed by atoms with E-state index in [1.54, 1.807) is 13.3 Å². The number of carbonyl (C=O) groups excluding carboxylic acids is 1. The van der Waals surface area contributed by atoms with Crippen molar-refractivity contribution in [2.24, 2.45) is 11.3 Å². The number of hydroxylamine groups is 1. The molecule has 2 heterocycles. The Morgan fingerprint density at radius 2 is 2.06 bits per heavy atom. The molecule has 4 rings (SSSR count). The molecule has 180 valence electrons. The molecule has 0 spiro atoms. The van der Waals surface area contributed by atoms with Gasteiger partial charge in [0.15, 0.2) is 0 Å². The van der Waals surface area contributed by atoms with Crippen LogP contribution in [0.25, 0.3) is 10.9 Å². The average Bonchev–Trinajstić information content (AvgIpc) is 3.37. The number of nitrogens with one attached hydrogen (secondary N) is 1. The molecule has 0 bridgehead atoms. The van der Waals surface area contributed by atoms with E-state index in [2.05, 4.69) is 9.88 Å². The standard InChI is InChI=1S/C26H36ClN3O3/c1-33-20-8-9-24-22(17-20)21(23(27)18-28-24)7-4-11-26(25(31)29-32)12-15-30(16-13-26)14-10-19-5-2-3-6-19/h8-9,17-19,32H,2-7,10-16H2,1H3,(H,29,31). The molecule has 2 aromatic rings. The third kappa shape index (κ3) is 5.61. The highest BCUT2D eigenvalue weighted by Gasteiger charge is 2.40. The molecule has 1 saturated carbocycles. The lowest BCUT2D eigenvalue weighted by molar-refractivity contribution is -0.143. The summed E-state index contributed by atoms with van der Waals surface area (Å²) in [5.74, 6) is 1.41. The summed E-state index contributed by atoms with van der Waals surface area (Å²) in [6.45, 7) is 2.95. The summed E-state index contributed by atoms with van der Waals surface area (Å²) in [6, 6.07) is 5.81. The Hall–Kier alpha value is -1.89. The van der Waals surface area contributed by atoms with Crippen molar-refractivity contribution in [1.29, 1.82) is 0 Å². The second kappa shape index (κ2) is 11.0. The van der Waals surface area contributed by atoms with E-state index in [-0.39, 0.29) is 5.91 Å². The highest BCUT2D eigenvalue weighted by Crippen LogP contribution is 2.38. The van der Waals surface area contributed by atoms with Crippen molar-refractivity contribution in [3.63, 3.8) is 0 Å². The Labute approximate surface area is 201 Å². The predicted octanol–water partition coefficient (Wildman–Crippen LogP) is 5.39. The van der Waals surface area contributed by atoms with E-state index in [0.717, 1.165) is 79.9 Å². The minimum absolute atomic E-state index is 0.245. The number of pyridine rings is 1. The first-order chi connectivity index (χ1) is 16.0. The summed E-state index contributed by atoms with van der Waals surface area (Å²) in [4.78, 5) is 19.7. The van der Waals surface area contributed by atoms with E-state index in [0.29, 0.717) is 5.02 Å². The molecule has 0 unspecified atom stereocenters. The highest BCUT2D eigenvalue weighted by atomic mass is 35.5. The van der Waals surface area contributed by atoms with Gasteiger partial charge in [-0.3, -0.25) is 15.0 Å². The van der Waals surface area contributed by atoms with Crippen LogP contribution in [0.15, 0.2) is 24.4 Å². The molecule has 2 fully saturated rings. The van der Waals surface area contributed by atoms with Crippen LogP contribution >= 0.6 is 11.6 Å². The van der Waals surface area contributed by atoms with Gasteiger partial charge in [0.05, 0.1) is 23.1 Å². The van der Waals surface area contributed by atoms with Crippen LogP contribution in [0.5, 0.6) is 5.75 Å². The Bertz CT molecular complexity index is 953. The maximum absolute atomic E-state index is 12.7. The van der Waals surface area contributed by atoms with Crippen molar-refractivity contribution >= 4 is 28.4 Å². The number of rotatable bonds is 9. The Kier molecular flexibility index (Phi) is 8.10. The number of halogens is 1. The van der Waals surface area contributed by atoms with Gasteiger partial charge in [-0.2, -0.15) is 0 Å². The Balaban J connectivity index is 1.39. The number of carbonyl (C=O) groups is 1. The summed E-state index contributed by atoms with van der Waals surface area (Å²) in [5, 5.41) is 11.1. The number of benzene rings is 1. The van der Waals surface area contributed by atoms with Crippen molar-refractivity contribution in [2.75, 3.05) is 26.7 Å². The highest BCUT2D eigenvalue weighted by molar-refractivity contribution is 6.32. The van der Waals surface area contributed by atoms with Crippen molar-refractivity contribution in [3.8, 4) is 5.75 Å². The van der Waals surface area contributed by atoms with Gasteiger partial charge in [-0.25, -0.2) is 5.48 Å². The van der Waals surface area contributed by atoms with Gasteiger partial charge in [0.1, 0.15) is 5.75 Å². The predicted molar refractivity (Wildman–Crippen MR) is 131 cm³/mol. The van der Waals surface area contributed by atoms with Crippen LogP contribution in [0.4, 0.5) is 0 Å². The smallest absolute Gasteiger partial charge is 0.249 e. The normalized spacial score (nSPS) is 19.1. The monoisotopic (exact) mass is 473 g/mol. The number of aryl methyl sites for hydroxylation is 1. The van der Waals surface area contributed by atoms with E-state index in [1.165, 1.54) is 32.1 Å². The number of hydrogen-bond acceptors (Lipinski definition) is 5. The topological polar surface area (TPSA) is 74.7 Å². The summed E-state index contributed by atoms with van der Waals surface area (Å²) in [6.07, 6.45) is 12.3. The molecular weight excluding hydrogens is 438 g/mol. The number of nitrogens with zero attached hydrogens (tertiary/aromatic N) is 2. The molecule has 0 radical (unpaired) electrons. The summed E-state index contributed by atoms with van der Waals surface area (Å²) in [7, 11) is 1.65. The fourth-order valence-corrected chi connectivity index (χ4v) is 6.01. The number of aromatic nitrogens is 1. The minimum Gasteiger partial charge on any atom is -0.497 e. The molecule has 6 nitrogen and oxygen atoms in total. The quantitative estimate of drug-likeness (QED) is 0.377. The van der Waals surface area contributed by atoms with Crippen LogP contribution in [-0.2, 0) is 11.2 Å². The lowest BCUT2D eigenvalue weighted by Gasteiger charge is -2.40. The van der Waals surface area contributed by atoms with Crippen LogP contribution < -0.4 is 10.2 Å². The van der Waals surface area contributed by atoms with Crippen molar-refractivity contribution in [3.05, 3.63) is 35.0 Å². The van der Waals surface area contributed by atoms with Gasteiger partial charge in [-0.1, -0.05) is 37.3 Å². The zero-order valence-corrected chi connectivity index (χ0v) is 20.4. The molecule has 1 saturated heterocycles. The summed E-state index contributed by atoms with van der Waals surface area (Å²) in [5.41, 5.74) is 3.36. The van der Waals surface area contributed by atoms with Crippen LogP contribution in [-0.4, -0.2) is 47.7 Å². The molecule has 7 heteroatoms. The minimum atomic E-state index is -0.522. The third-order valence-corrected chi connectivity index (χ3v) is 8.27. The van der Waals surface area contributed by atoms with Gasteiger partial charge in [0.25, 0.3) is 0 Å². The Morgan fingerprint density at radius 3 is 2.76 bits per heavy atom. The summed E-state index contributed by atoms with van der Waals surface area (Å²) >= 11 is 6.52.